The molecule has 102 valence electrons. The van der Waals surface area contributed by atoms with Crippen molar-refractivity contribution in [3.8, 4) is 0 Å². The summed E-state index contributed by atoms with van der Waals surface area (Å²) in [6, 6.07) is 12.1. The number of pyridine rings is 1. The van der Waals surface area contributed by atoms with E-state index < -0.39 is 0 Å². The summed E-state index contributed by atoms with van der Waals surface area (Å²) in [6.07, 6.45) is 5.83. The molecule has 2 nitrogen and oxygen atoms in total. The SMILES string of the molecule is CCc1ccc(C(=O)C2CCCc3cccnc32)cc1. The van der Waals surface area contributed by atoms with Crippen LogP contribution in [0, 0.1) is 0 Å². The van der Waals surface area contributed by atoms with Crippen LogP contribution >= 0.6 is 0 Å². The van der Waals surface area contributed by atoms with E-state index in [0.717, 1.165) is 36.9 Å². The van der Waals surface area contributed by atoms with Crippen LogP contribution in [-0.2, 0) is 12.8 Å². The van der Waals surface area contributed by atoms with Gasteiger partial charge in [0.15, 0.2) is 5.78 Å². The zero-order valence-corrected chi connectivity index (χ0v) is 11.8. The molecule has 3 rings (SSSR count). The summed E-state index contributed by atoms with van der Waals surface area (Å²) in [5, 5.41) is 0. The Kier molecular flexibility index (Phi) is 3.64. The van der Waals surface area contributed by atoms with Crippen molar-refractivity contribution in [2.24, 2.45) is 0 Å². The Balaban J connectivity index is 1.91. The summed E-state index contributed by atoms with van der Waals surface area (Å²) in [6.45, 7) is 2.12. The van der Waals surface area contributed by atoms with Crippen molar-refractivity contribution < 1.29 is 4.79 Å². The van der Waals surface area contributed by atoms with Gasteiger partial charge in [0, 0.05) is 11.8 Å². The number of aryl methyl sites for hydroxylation is 2. The molecule has 2 heteroatoms. The number of Topliss-reactive ketones (excluding diaryl/α,β-unsaturated/α-hetero) is 1. The van der Waals surface area contributed by atoms with Gasteiger partial charge in [-0.3, -0.25) is 9.78 Å². The monoisotopic (exact) mass is 265 g/mol. The molecule has 20 heavy (non-hydrogen) atoms. The molecular weight excluding hydrogens is 246 g/mol. The van der Waals surface area contributed by atoms with Crippen LogP contribution in [0.4, 0.5) is 0 Å². The van der Waals surface area contributed by atoms with E-state index in [1.807, 2.05) is 18.2 Å². The first-order valence-corrected chi connectivity index (χ1v) is 7.36. The van der Waals surface area contributed by atoms with E-state index in [1.165, 1.54) is 11.1 Å². The summed E-state index contributed by atoms with van der Waals surface area (Å²) in [4.78, 5) is 17.2. The van der Waals surface area contributed by atoms with Gasteiger partial charge >= 0.3 is 0 Å². The third kappa shape index (κ3) is 2.38. The van der Waals surface area contributed by atoms with Crippen LogP contribution in [0.5, 0.6) is 0 Å². The maximum absolute atomic E-state index is 12.7. The topological polar surface area (TPSA) is 30.0 Å². The fourth-order valence-corrected chi connectivity index (χ4v) is 2.97. The maximum Gasteiger partial charge on any atom is 0.171 e. The highest BCUT2D eigenvalue weighted by molar-refractivity contribution is 6.01. The lowest BCUT2D eigenvalue weighted by Gasteiger charge is -2.23. The van der Waals surface area contributed by atoms with E-state index in [-0.39, 0.29) is 11.7 Å². The first-order chi connectivity index (χ1) is 9.79. The predicted octanol–water partition coefficient (Wildman–Crippen LogP) is 3.95. The van der Waals surface area contributed by atoms with E-state index >= 15 is 0 Å². The molecule has 0 radical (unpaired) electrons. The number of ketones is 1. The number of fused-ring (bicyclic) bond motifs is 1. The zero-order valence-electron chi connectivity index (χ0n) is 11.8. The van der Waals surface area contributed by atoms with Crippen molar-refractivity contribution in [3.05, 3.63) is 65.0 Å². The standard InChI is InChI=1S/C18H19NO/c1-2-13-8-10-15(11-9-13)18(20)16-7-3-5-14-6-4-12-19-17(14)16/h4,6,8-12,16H,2-3,5,7H2,1H3. The summed E-state index contributed by atoms with van der Waals surface area (Å²) < 4.78 is 0. The second kappa shape index (κ2) is 5.58. The normalized spacial score (nSPS) is 17.6. The van der Waals surface area contributed by atoms with Crippen molar-refractivity contribution in [1.82, 2.24) is 4.98 Å². The van der Waals surface area contributed by atoms with Gasteiger partial charge in [-0.2, -0.15) is 0 Å². The number of carbonyl (C=O) groups excluding carboxylic acids is 1. The maximum atomic E-state index is 12.7. The molecule has 0 amide bonds. The van der Waals surface area contributed by atoms with Gasteiger partial charge in [-0.05, 0) is 42.9 Å². The Hall–Kier alpha value is -1.96. The lowest BCUT2D eigenvalue weighted by molar-refractivity contribution is 0.0949. The van der Waals surface area contributed by atoms with Crippen LogP contribution < -0.4 is 0 Å². The quantitative estimate of drug-likeness (QED) is 0.787. The van der Waals surface area contributed by atoms with Crippen LogP contribution in [0.3, 0.4) is 0 Å². The van der Waals surface area contributed by atoms with Crippen LogP contribution in [0.15, 0.2) is 42.6 Å². The van der Waals surface area contributed by atoms with E-state index in [0.29, 0.717) is 0 Å². The fourth-order valence-electron chi connectivity index (χ4n) is 2.97. The minimum absolute atomic E-state index is 0.0626. The van der Waals surface area contributed by atoms with E-state index in [9.17, 15) is 4.79 Å². The highest BCUT2D eigenvalue weighted by Gasteiger charge is 2.28. The minimum Gasteiger partial charge on any atom is -0.293 e. The van der Waals surface area contributed by atoms with Gasteiger partial charge in [0.2, 0.25) is 0 Å². The molecule has 2 aromatic rings. The Morgan fingerprint density at radius 3 is 2.80 bits per heavy atom. The van der Waals surface area contributed by atoms with Crippen molar-refractivity contribution in [2.45, 2.75) is 38.5 Å². The molecular formula is C18H19NO. The summed E-state index contributed by atoms with van der Waals surface area (Å²) in [5.41, 5.74) is 4.31. The molecule has 0 saturated heterocycles. The molecule has 1 heterocycles. The molecule has 0 spiro atoms. The van der Waals surface area contributed by atoms with E-state index in [1.54, 1.807) is 6.20 Å². The first-order valence-electron chi connectivity index (χ1n) is 7.36. The van der Waals surface area contributed by atoms with Crippen molar-refractivity contribution in [1.29, 1.82) is 0 Å². The summed E-state index contributed by atoms with van der Waals surface area (Å²) in [5.74, 6) is 0.153. The van der Waals surface area contributed by atoms with Gasteiger partial charge < -0.3 is 0 Å². The van der Waals surface area contributed by atoms with Gasteiger partial charge in [-0.1, -0.05) is 37.3 Å². The first kappa shape index (κ1) is 13.0. The number of aromatic nitrogens is 1. The average Bonchev–Trinajstić information content (AvgIpc) is 2.54. The van der Waals surface area contributed by atoms with E-state index in [2.05, 4.69) is 30.1 Å². The number of carbonyl (C=O) groups is 1. The highest BCUT2D eigenvalue weighted by Crippen LogP contribution is 2.32. The van der Waals surface area contributed by atoms with Crippen LogP contribution in [-0.4, -0.2) is 10.8 Å². The van der Waals surface area contributed by atoms with Gasteiger partial charge in [0.25, 0.3) is 0 Å². The third-order valence-corrected chi connectivity index (χ3v) is 4.16. The highest BCUT2D eigenvalue weighted by atomic mass is 16.1. The van der Waals surface area contributed by atoms with E-state index in [4.69, 9.17) is 0 Å². The molecule has 0 fully saturated rings. The van der Waals surface area contributed by atoms with Crippen molar-refractivity contribution in [3.63, 3.8) is 0 Å². The van der Waals surface area contributed by atoms with Crippen LogP contribution in [0.2, 0.25) is 0 Å². The lowest BCUT2D eigenvalue weighted by Crippen LogP contribution is -2.20. The Labute approximate surface area is 119 Å². The molecule has 0 bridgehead atoms. The number of rotatable bonds is 3. The second-order valence-electron chi connectivity index (χ2n) is 5.41. The van der Waals surface area contributed by atoms with Crippen LogP contribution in [0.1, 0.15) is 52.9 Å². The summed E-state index contributed by atoms with van der Waals surface area (Å²) >= 11 is 0. The number of hydrogen-bond donors (Lipinski definition) is 0. The van der Waals surface area contributed by atoms with Gasteiger partial charge in [0.05, 0.1) is 11.6 Å². The van der Waals surface area contributed by atoms with Crippen LogP contribution in [0.25, 0.3) is 0 Å². The second-order valence-corrected chi connectivity index (χ2v) is 5.41. The molecule has 0 aliphatic heterocycles. The number of benzene rings is 1. The average molecular weight is 265 g/mol. The van der Waals surface area contributed by atoms with Gasteiger partial charge in [-0.15, -0.1) is 0 Å². The summed E-state index contributed by atoms with van der Waals surface area (Å²) in [7, 11) is 0. The molecule has 1 aromatic carbocycles. The fraction of sp³-hybridized carbons (Fsp3) is 0.333. The Morgan fingerprint density at radius 1 is 1.25 bits per heavy atom. The Morgan fingerprint density at radius 2 is 2.05 bits per heavy atom. The smallest absolute Gasteiger partial charge is 0.171 e. The van der Waals surface area contributed by atoms with Crippen molar-refractivity contribution in [2.75, 3.05) is 0 Å². The number of hydrogen-bond acceptors (Lipinski definition) is 2. The Bertz CT molecular complexity index is 616. The molecule has 1 aliphatic rings. The molecule has 0 saturated carbocycles. The largest absolute Gasteiger partial charge is 0.293 e. The van der Waals surface area contributed by atoms with Gasteiger partial charge in [-0.25, -0.2) is 0 Å². The van der Waals surface area contributed by atoms with Gasteiger partial charge in [0.1, 0.15) is 0 Å². The number of nitrogens with zero attached hydrogens (tertiary/aromatic N) is 1. The lowest BCUT2D eigenvalue weighted by atomic mass is 9.82. The molecule has 1 unspecified atom stereocenters. The molecule has 0 N–H and O–H groups in total. The zero-order chi connectivity index (χ0) is 13.9. The molecule has 1 atom stereocenters. The van der Waals surface area contributed by atoms with Crippen molar-refractivity contribution >= 4 is 5.78 Å². The molecule has 1 aliphatic carbocycles. The predicted molar refractivity (Wildman–Crippen MR) is 80.1 cm³/mol. The minimum atomic E-state index is -0.0626. The third-order valence-electron chi connectivity index (χ3n) is 4.16. The molecule has 1 aromatic heterocycles.